The zero-order valence-electron chi connectivity index (χ0n) is 13.0. The van der Waals surface area contributed by atoms with Gasteiger partial charge in [0, 0.05) is 12.2 Å². The molecule has 21 heavy (non-hydrogen) atoms. The average Bonchev–Trinajstić information content (AvgIpc) is 2.47. The Labute approximate surface area is 126 Å². The summed E-state index contributed by atoms with van der Waals surface area (Å²) in [6.07, 6.45) is 5.36. The van der Waals surface area contributed by atoms with E-state index in [-0.39, 0.29) is 29.8 Å². The Balaban J connectivity index is 2.11. The Bertz CT molecular complexity index is 554. The summed E-state index contributed by atoms with van der Waals surface area (Å²) < 4.78 is 0. The van der Waals surface area contributed by atoms with Crippen molar-refractivity contribution in [3.63, 3.8) is 0 Å². The van der Waals surface area contributed by atoms with E-state index in [1.165, 1.54) is 11.1 Å². The summed E-state index contributed by atoms with van der Waals surface area (Å²) in [4.78, 5) is 0. The predicted molar refractivity (Wildman–Crippen MR) is 82.2 cm³/mol. The monoisotopic (exact) mass is 290 g/mol. The number of benzene rings is 1. The summed E-state index contributed by atoms with van der Waals surface area (Å²) in [6, 6.07) is 3.84. The Morgan fingerprint density at radius 1 is 1.19 bits per heavy atom. The van der Waals surface area contributed by atoms with Crippen LogP contribution in [0.3, 0.4) is 0 Å². The summed E-state index contributed by atoms with van der Waals surface area (Å²) in [6.45, 7) is 4.62. The van der Waals surface area contributed by atoms with Crippen LogP contribution in [0, 0.1) is 11.3 Å². The molecule has 1 aromatic carbocycles. The van der Waals surface area contributed by atoms with Gasteiger partial charge in [0.15, 0.2) is 0 Å². The van der Waals surface area contributed by atoms with Crippen molar-refractivity contribution < 1.29 is 15.3 Å². The fourth-order valence-electron chi connectivity index (χ4n) is 5.00. The molecule has 0 aliphatic heterocycles. The second-order valence-electron chi connectivity index (χ2n) is 7.47. The smallest absolute Gasteiger partial charge is 0.121 e. The molecule has 1 saturated carbocycles. The highest BCUT2D eigenvalue weighted by molar-refractivity contribution is 5.47. The van der Waals surface area contributed by atoms with Gasteiger partial charge in [0.2, 0.25) is 0 Å². The second kappa shape index (κ2) is 4.99. The van der Waals surface area contributed by atoms with Crippen LogP contribution in [0.25, 0.3) is 0 Å². The Morgan fingerprint density at radius 2 is 1.95 bits per heavy atom. The molecule has 3 atom stereocenters. The fraction of sp³-hybridized carbons (Fsp3) is 0.667. The van der Waals surface area contributed by atoms with Crippen LogP contribution in [-0.4, -0.2) is 21.9 Å². The lowest BCUT2D eigenvalue weighted by Crippen LogP contribution is -2.50. The second-order valence-corrected chi connectivity index (χ2v) is 7.47. The largest absolute Gasteiger partial charge is 0.508 e. The fourth-order valence-corrected chi connectivity index (χ4v) is 5.00. The molecule has 3 nitrogen and oxygen atoms in total. The maximum Gasteiger partial charge on any atom is 0.121 e. The quantitative estimate of drug-likeness (QED) is 0.785. The molecule has 2 aliphatic carbocycles. The molecule has 1 unspecified atom stereocenters. The van der Waals surface area contributed by atoms with Gasteiger partial charge in [-0.1, -0.05) is 20.3 Å². The van der Waals surface area contributed by atoms with E-state index in [1.807, 2.05) is 12.1 Å². The van der Waals surface area contributed by atoms with Crippen molar-refractivity contribution in [1.82, 2.24) is 0 Å². The van der Waals surface area contributed by atoms with Gasteiger partial charge in [-0.2, -0.15) is 0 Å². The molecule has 3 N–H and O–H groups in total. The van der Waals surface area contributed by atoms with Crippen molar-refractivity contribution in [2.24, 2.45) is 11.3 Å². The minimum Gasteiger partial charge on any atom is -0.508 e. The lowest BCUT2D eigenvalue weighted by molar-refractivity contribution is -0.0179. The Hall–Kier alpha value is -1.06. The van der Waals surface area contributed by atoms with Gasteiger partial charge in [-0.05, 0) is 65.7 Å². The number of hydrogen-bond donors (Lipinski definition) is 3. The molecular weight excluding hydrogens is 264 g/mol. The molecule has 0 saturated heterocycles. The summed E-state index contributed by atoms with van der Waals surface area (Å²) in [5, 5.41) is 29.4. The predicted octanol–water partition coefficient (Wildman–Crippen LogP) is 2.89. The Morgan fingerprint density at radius 3 is 2.62 bits per heavy atom. The molecule has 1 fully saturated rings. The van der Waals surface area contributed by atoms with E-state index in [2.05, 4.69) is 13.8 Å². The molecule has 0 aromatic heterocycles. The summed E-state index contributed by atoms with van der Waals surface area (Å²) in [5.41, 5.74) is 3.12. The molecule has 0 bridgehead atoms. The summed E-state index contributed by atoms with van der Waals surface area (Å²) >= 11 is 0. The molecule has 3 rings (SSSR count). The maximum absolute atomic E-state index is 10.1. The maximum atomic E-state index is 10.1. The third kappa shape index (κ3) is 2.09. The van der Waals surface area contributed by atoms with Gasteiger partial charge in [-0.3, -0.25) is 0 Å². The molecule has 3 heteroatoms. The summed E-state index contributed by atoms with van der Waals surface area (Å²) in [5.74, 6) is 0.657. The van der Waals surface area contributed by atoms with Crippen LogP contribution in [-0.2, 0) is 18.4 Å². The van der Waals surface area contributed by atoms with Crippen LogP contribution >= 0.6 is 0 Å². The first-order valence-electron chi connectivity index (χ1n) is 8.01. The van der Waals surface area contributed by atoms with Gasteiger partial charge < -0.3 is 15.3 Å². The highest BCUT2D eigenvalue weighted by Gasteiger charge is 2.51. The number of rotatable bonds is 2. The molecule has 2 aliphatic rings. The van der Waals surface area contributed by atoms with Gasteiger partial charge in [-0.15, -0.1) is 0 Å². The molecule has 116 valence electrons. The number of aliphatic hydroxyl groups is 2. The molecule has 1 aromatic rings. The van der Waals surface area contributed by atoms with Gasteiger partial charge in [0.1, 0.15) is 5.75 Å². The van der Waals surface area contributed by atoms with Gasteiger partial charge in [0.25, 0.3) is 0 Å². The first kappa shape index (κ1) is 14.9. The van der Waals surface area contributed by atoms with E-state index in [1.54, 1.807) is 0 Å². The van der Waals surface area contributed by atoms with Crippen LogP contribution in [0.2, 0.25) is 0 Å². The number of aromatic hydroxyl groups is 1. The van der Waals surface area contributed by atoms with Crippen molar-refractivity contribution in [3.05, 3.63) is 28.8 Å². The van der Waals surface area contributed by atoms with E-state index >= 15 is 0 Å². The van der Waals surface area contributed by atoms with Crippen LogP contribution in [0.15, 0.2) is 12.1 Å². The molecule has 0 spiro atoms. The number of phenols is 1. The zero-order chi connectivity index (χ0) is 15.3. The van der Waals surface area contributed by atoms with Crippen molar-refractivity contribution in [2.75, 3.05) is 6.61 Å². The average molecular weight is 290 g/mol. The van der Waals surface area contributed by atoms with Crippen LogP contribution in [0.4, 0.5) is 0 Å². The van der Waals surface area contributed by atoms with E-state index in [9.17, 15) is 15.3 Å². The third-order valence-corrected chi connectivity index (χ3v) is 6.21. The van der Waals surface area contributed by atoms with Crippen LogP contribution < -0.4 is 0 Å². The number of hydrogen-bond acceptors (Lipinski definition) is 3. The van der Waals surface area contributed by atoms with E-state index < -0.39 is 0 Å². The minimum atomic E-state index is -0.117. The van der Waals surface area contributed by atoms with Crippen LogP contribution in [0.1, 0.15) is 56.2 Å². The highest BCUT2D eigenvalue weighted by atomic mass is 16.3. The van der Waals surface area contributed by atoms with E-state index in [4.69, 9.17) is 0 Å². The van der Waals surface area contributed by atoms with Crippen molar-refractivity contribution in [1.29, 1.82) is 0 Å². The number of aliphatic hydroxyl groups excluding tert-OH is 2. The lowest BCUT2D eigenvalue weighted by atomic mass is 9.50. The van der Waals surface area contributed by atoms with Crippen molar-refractivity contribution >= 4 is 0 Å². The normalized spacial score (nSPS) is 35.1. The topological polar surface area (TPSA) is 60.7 Å². The lowest BCUT2D eigenvalue weighted by Gasteiger charge is -2.55. The van der Waals surface area contributed by atoms with E-state index in [0.29, 0.717) is 11.5 Å². The van der Waals surface area contributed by atoms with Gasteiger partial charge >= 0.3 is 0 Å². The number of fused-ring (bicyclic) bond motifs is 3. The number of aryl methyl sites for hydroxylation is 1. The first-order valence-corrected chi connectivity index (χ1v) is 8.01. The third-order valence-electron chi connectivity index (χ3n) is 6.21. The SMILES string of the molecule is CC1(CO)CCC[C@]2(C)c3cc(O)c(CO)cc3CC[C@@H]12. The summed E-state index contributed by atoms with van der Waals surface area (Å²) in [7, 11) is 0. The van der Waals surface area contributed by atoms with Crippen LogP contribution in [0.5, 0.6) is 5.75 Å². The highest BCUT2D eigenvalue weighted by Crippen LogP contribution is 2.57. The minimum absolute atomic E-state index is 0.0179. The standard InChI is InChI=1S/C18H26O3/c1-17(11-20)6-3-7-18(2)14-9-15(21)13(10-19)8-12(14)4-5-16(17)18/h8-9,16,19-21H,3-7,10-11H2,1-2H3/t16-,17?,18+/m0/s1. The molecular formula is C18H26O3. The Kier molecular flexibility index (Phi) is 3.53. The first-order chi connectivity index (χ1) is 9.94. The zero-order valence-corrected chi connectivity index (χ0v) is 13.0. The van der Waals surface area contributed by atoms with Crippen molar-refractivity contribution in [3.8, 4) is 5.75 Å². The molecule has 0 radical (unpaired) electrons. The van der Waals surface area contributed by atoms with Gasteiger partial charge in [-0.25, -0.2) is 0 Å². The van der Waals surface area contributed by atoms with Gasteiger partial charge in [0.05, 0.1) is 6.61 Å². The molecule has 0 amide bonds. The van der Waals surface area contributed by atoms with E-state index in [0.717, 1.165) is 32.1 Å². The van der Waals surface area contributed by atoms with Crippen molar-refractivity contribution in [2.45, 2.75) is 58.0 Å². The molecule has 0 heterocycles.